The van der Waals surface area contributed by atoms with Crippen LogP contribution in [0.3, 0.4) is 0 Å². The number of aliphatic hydroxyl groups excluding tert-OH is 1. The first-order valence-corrected chi connectivity index (χ1v) is 5.46. The highest BCUT2D eigenvalue weighted by Crippen LogP contribution is 2.09. The summed E-state index contributed by atoms with van der Waals surface area (Å²) in [7, 11) is 0. The lowest BCUT2D eigenvalue weighted by atomic mass is 10.2. The third kappa shape index (κ3) is 4.24. The molecule has 1 rings (SSSR count). The number of halogens is 2. The molecule has 0 bridgehead atoms. The number of rotatable bonds is 6. The molecule has 1 aromatic carbocycles. The molecule has 2 nitrogen and oxygen atoms in total. The van der Waals surface area contributed by atoms with E-state index in [1.165, 1.54) is 12.1 Å². The maximum absolute atomic E-state index is 13.2. The van der Waals surface area contributed by atoms with Gasteiger partial charge < -0.3 is 10.4 Å². The lowest BCUT2D eigenvalue weighted by molar-refractivity contribution is 0.160. The van der Waals surface area contributed by atoms with Gasteiger partial charge in [0.1, 0.15) is 11.6 Å². The largest absolute Gasteiger partial charge is 0.392 e. The van der Waals surface area contributed by atoms with Crippen molar-refractivity contribution >= 4 is 0 Å². The van der Waals surface area contributed by atoms with Crippen LogP contribution in [0.5, 0.6) is 0 Å². The van der Waals surface area contributed by atoms with E-state index in [-0.39, 0.29) is 0 Å². The van der Waals surface area contributed by atoms with Gasteiger partial charge in [0.15, 0.2) is 0 Å². The van der Waals surface area contributed by atoms with Crippen LogP contribution in [0.15, 0.2) is 18.2 Å². The summed E-state index contributed by atoms with van der Waals surface area (Å²) in [6, 6.07) is 3.49. The second kappa shape index (κ2) is 6.55. The SMILES string of the molecule is CCCC(O)CNCc1ccc(F)cc1F. The molecule has 0 aromatic heterocycles. The minimum Gasteiger partial charge on any atom is -0.392 e. The van der Waals surface area contributed by atoms with Crippen LogP contribution in [0, 0.1) is 11.6 Å². The van der Waals surface area contributed by atoms with Gasteiger partial charge in [0.2, 0.25) is 0 Å². The quantitative estimate of drug-likeness (QED) is 0.784. The standard InChI is InChI=1S/C12H17F2NO/c1-2-3-11(16)8-15-7-9-4-5-10(13)6-12(9)14/h4-6,11,15-16H,2-3,7-8H2,1H3. The van der Waals surface area contributed by atoms with Crippen molar-refractivity contribution in [3.05, 3.63) is 35.4 Å². The summed E-state index contributed by atoms with van der Waals surface area (Å²) in [6.45, 7) is 2.71. The van der Waals surface area contributed by atoms with Gasteiger partial charge in [-0.3, -0.25) is 0 Å². The summed E-state index contributed by atoms with van der Waals surface area (Å²) >= 11 is 0. The van der Waals surface area contributed by atoms with Crippen LogP contribution in [0.25, 0.3) is 0 Å². The van der Waals surface area contributed by atoms with Crippen molar-refractivity contribution in [2.75, 3.05) is 6.54 Å². The van der Waals surface area contributed by atoms with E-state index in [0.717, 1.165) is 18.9 Å². The maximum atomic E-state index is 13.2. The van der Waals surface area contributed by atoms with Crippen LogP contribution >= 0.6 is 0 Å². The zero-order chi connectivity index (χ0) is 12.0. The van der Waals surface area contributed by atoms with Crippen LogP contribution < -0.4 is 5.32 Å². The minimum absolute atomic E-state index is 0.298. The van der Waals surface area contributed by atoms with Crippen molar-refractivity contribution in [1.82, 2.24) is 5.32 Å². The van der Waals surface area contributed by atoms with Crippen LogP contribution in [0.1, 0.15) is 25.3 Å². The summed E-state index contributed by atoms with van der Waals surface area (Å²) in [5.41, 5.74) is 0.407. The Balaban J connectivity index is 2.37. The highest BCUT2D eigenvalue weighted by molar-refractivity contribution is 5.18. The predicted molar refractivity (Wildman–Crippen MR) is 59.0 cm³/mol. The first-order chi connectivity index (χ1) is 7.63. The Morgan fingerprint density at radius 1 is 1.38 bits per heavy atom. The van der Waals surface area contributed by atoms with Crippen LogP contribution in [0.2, 0.25) is 0 Å². The van der Waals surface area contributed by atoms with E-state index in [9.17, 15) is 13.9 Å². The molecule has 0 aliphatic carbocycles. The highest BCUT2D eigenvalue weighted by Gasteiger charge is 2.05. The van der Waals surface area contributed by atoms with E-state index in [1.807, 2.05) is 6.92 Å². The van der Waals surface area contributed by atoms with E-state index in [0.29, 0.717) is 18.7 Å². The molecule has 16 heavy (non-hydrogen) atoms. The van der Waals surface area contributed by atoms with Gasteiger partial charge in [0.25, 0.3) is 0 Å². The molecule has 0 saturated carbocycles. The van der Waals surface area contributed by atoms with Gasteiger partial charge in [-0.05, 0) is 12.5 Å². The van der Waals surface area contributed by atoms with E-state index in [1.54, 1.807) is 0 Å². The van der Waals surface area contributed by atoms with Gasteiger partial charge in [-0.1, -0.05) is 19.4 Å². The fraction of sp³-hybridized carbons (Fsp3) is 0.500. The molecule has 1 unspecified atom stereocenters. The third-order valence-electron chi connectivity index (χ3n) is 2.33. The predicted octanol–water partition coefficient (Wildman–Crippen LogP) is 2.22. The molecular formula is C12H17F2NO. The topological polar surface area (TPSA) is 32.3 Å². The Labute approximate surface area is 94.3 Å². The van der Waals surface area contributed by atoms with Crippen molar-refractivity contribution < 1.29 is 13.9 Å². The first-order valence-electron chi connectivity index (χ1n) is 5.46. The Kier molecular flexibility index (Phi) is 5.35. The zero-order valence-corrected chi connectivity index (χ0v) is 9.34. The van der Waals surface area contributed by atoms with Crippen molar-refractivity contribution in [1.29, 1.82) is 0 Å². The van der Waals surface area contributed by atoms with Crippen LogP contribution in [-0.2, 0) is 6.54 Å². The summed E-state index contributed by atoms with van der Waals surface area (Å²) < 4.78 is 25.8. The zero-order valence-electron chi connectivity index (χ0n) is 9.34. The Morgan fingerprint density at radius 3 is 2.75 bits per heavy atom. The first kappa shape index (κ1) is 13.1. The van der Waals surface area contributed by atoms with E-state index in [4.69, 9.17) is 0 Å². The number of hydrogen-bond acceptors (Lipinski definition) is 2. The van der Waals surface area contributed by atoms with Crippen molar-refractivity contribution in [3.8, 4) is 0 Å². The third-order valence-corrected chi connectivity index (χ3v) is 2.33. The minimum atomic E-state index is -0.577. The second-order valence-electron chi connectivity index (χ2n) is 3.81. The fourth-order valence-electron chi connectivity index (χ4n) is 1.47. The van der Waals surface area contributed by atoms with Crippen molar-refractivity contribution in [2.24, 2.45) is 0 Å². The van der Waals surface area contributed by atoms with E-state index < -0.39 is 17.7 Å². The van der Waals surface area contributed by atoms with Crippen molar-refractivity contribution in [3.63, 3.8) is 0 Å². The number of aliphatic hydroxyl groups is 1. The Hall–Kier alpha value is -1.00. The van der Waals surface area contributed by atoms with Gasteiger partial charge in [-0.15, -0.1) is 0 Å². The molecule has 1 atom stereocenters. The van der Waals surface area contributed by atoms with Gasteiger partial charge in [0, 0.05) is 24.7 Å². The number of nitrogens with one attached hydrogen (secondary N) is 1. The summed E-state index contributed by atoms with van der Waals surface area (Å²) in [5.74, 6) is -1.13. The second-order valence-corrected chi connectivity index (χ2v) is 3.81. The average molecular weight is 229 g/mol. The Bertz CT molecular complexity index is 331. The van der Waals surface area contributed by atoms with Gasteiger partial charge in [0.05, 0.1) is 6.10 Å². The highest BCUT2D eigenvalue weighted by atomic mass is 19.1. The smallest absolute Gasteiger partial charge is 0.130 e. The van der Waals surface area contributed by atoms with Crippen LogP contribution in [0.4, 0.5) is 8.78 Å². The average Bonchev–Trinajstić information content (AvgIpc) is 2.22. The Morgan fingerprint density at radius 2 is 2.12 bits per heavy atom. The fourth-order valence-corrected chi connectivity index (χ4v) is 1.47. The number of hydrogen-bond donors (Lipinski definition) is 2. The monoisotopic (exact) mass is 229 g/mol. The molecule has 0 radical (unpaired) electrons. The molecule has 2 N–H and O–H groups in total. The molecule has 0 fully saturated rings. The lowest BCUT2D eigenvalue weighted by Gasteiger charge is -2.10. The molecule has 90 valence electrons. The molecule has 0 heterocycles. The molecule has 0 saturated heterocycles. The summed E-state index contributed by atoms with van der Waals surface area (Å²) in [5, 5.41) is 12.4. The normalized spacial score (nSPS) is 12.8. The molecule has 0 spiro atoms. The molecular weight excluding hydrogens is 212 g/mol. The molecule has 0 amide bonds. The van der Waals surface area contributed by atoms with E-state index >= 15 is 0 Å². The lowest BCUT2D eigenvalue weighted by Crippen LogP contribution is -2.26. The molecule has 0 aliphatic rings. The summed E-state index contributed by atoms with van der Waals surface area (Å²) in [6.07, 6.45) is 1.22. The summed E-state index contributed by atoms with van der Waals surface area (Å²) in [4.78, 5) is 0. The maximum Gasteiger partial charge on any atom is 0.130 e. The van der Waals surface area contributed by atoms with Gasteiger partial charge in [-0.25, -0.2) is 8.78 Å². The molecule has 1 aromatic rings. The van der Waals surface area contributed by atoms with Gasteiger partial charge in [-0.2, -0.15) is 0 Å². The van der Waals surface area contributed by atoms with Crippen LogP contribution in [-0.4, -0.2) is 17.8 Å². The van der Waals surface area contributed by atoms with Gasteiger partial charge >= 0.3 is 0 Å². The molecule has 0 aliphatic heterocycles. The molecule has 4 heteroatoms. The van der Waals surface area contributed by atoms with E-state index in [2.05, 4.69) is 5.32 Å². The number of benzene rings is 1. The van der Waals surface area contributed by atoms with Crippen molar-refractivity contribution in [2.45, 2.75) is 32.4 Å².